The van der Waals surface area contributed by atoms with Crippen molar-refractivity contribution in [2.45, 2.75) is 52.3 Å². The van der Waals surface area contributed by atoms with Crippen LogP contribution in [0.5, 0.6) is 0 Å². The molecule has 0 aliphatic rings. The van der Waals surface area contributed by atoms with Crippen molar-refractivity contribution in [2.24, 2.45) is 0 Å². The fraction of sp³-hybridized carbons (Fsp3) is 0.692. The number of nitrogens with zero attached hydrogens (tertiary/aromatic N) is 2. The van der Waals surface area contributed by atoms with Crippen LogP contribution >= 0.6 is 11.8 Å². The Morgan fingerprint density at radius 1 is 1.47 bits per heavy atom. The molecule has 0 amide bonds. The normalized spacial score (nSPS) is 11.8. The summed E-state index contributed by atoms with van der Waals surface area (Å²) in [5.41, 5.74) is 2.02. The summed E-state index contributed by atoms with van der Waals surface area (Å²) < 4.78 is 2.06. The number of aromatic nitrogens is 2. The monoisotopic (exact) mass is 254 g/mol. The molecule has 0 saturated heterocycles. The van der Waals surface area contributed by atoms with Gasteiger partial charge in [0.25, 0.3) is 0 Å². The number of hydrogen-bond donors (Lipinski definition) is 0. The van der Waals surface area contributed by atoms with Gasteiger partial charge in [0.15, 0.2) is 0 Å². The summed E-state index contributed by atoms with van der Waals surface area (Å²) in [4.78, 5) is 11.9. The average Bonchev–Trinajstić information content (AvgIpc) is 2.55. The molecule has 0 aliphatic carbocycles. The molecule has 17 heavy (non-hydrogen) atoms. The van der Waals surface area contributed by atoms with Crippen LogP contribution in [0.15, 0.2) is 6.07 Å². The third kappa shape index (κ3) is 4.94. The van der Waals surface area contributed by atoms with Gasteiger partial charge in [-0.2, -0.15) is 5.10 Å². The second-order valence-corrected chi connectivity index (χ2v) is 7.01. The van der Waals surface area contributed by atoms with Crippen LogP contribution in [0, 0.1) is 6.92 Å². The summed E-state index contributed by atoms with van der Waals surface area (Å²) in [6.07, 6.45) is 0.498. The molecule has 1 rings (SSSR count). The first kappa shape index (κ1) is 14.3. The van der Waals surface area contributed by atoms with Gasteiger partial charge in [0.2, 0.25) is 0 Å². The van der Waals surface area contributed by atoms with Gasteiger partial charge in [-0.1, -0.05) is 20.8 Å². The lowest BCUT2D eigenvalue weighted by atomic mass is 10.2. The number of thioether (sulfide) groups is 1. The lowest BCUT2D eigenvalue weighted by molar-refractivity contribution is -0.116. The molecule has 0 aromatic carbocycles. The summed E-state index contributed by atoms with van der Waals surface area (Å²) in [6, 6.07) is 2.00. The predicted molar refractivity (Wildman–Crippen MR) is 73.6 cm³/mol. The van der Waals surface area contributed by atoms with Crippen LogP contribution in [0.4, 0.5) is 0 Å². The smallest absolute Gasteiger partial charge is 0.148 e. The van der Waals surface area contributed by atoms with E-state index in [1.807, 2.05) is 24.6 Å². The number of aryl methyl sites for hydroxylation is 2. The molecule has 0 atom stereocenters. The van der Waals surface area contributed by atoms with Crippen LogP contribution in [0.3, 0.4) is 0 Å². The van der Waals surface area contributed by atoms with Gasteiger partial charge in [-0.05, 0) is 19.9 Å². The van der Waals surface area contributed by atoms with Gasteiger partial charge in [0, 0.05) is 23.4 Å². The van der Waals surface area contributed by atoms with Gasteiger partial charge >= 0.3 is 0 Å². The van der Waals surface area contributed by atoms with Crippen molar-refractivity contribution >= 4 is 17.5 Å². The van der Waals surface area contributed by atoms with Gasteiger partial charge in [-0.15, -0.1) is 11.8 Å². The number of Topliss-reactive ketones (excluding diaryl/α,β-unsaturated/α-hetero) is 1. The zero-order valence-electron chi connectivity index (χ0n) is 11.4. The van der Waals surface area contributed by atoms with Crippen LogP contribution in [0.25, 0.3) is 0 Å². The Kier molecular flexibility index (Phi) is 4.80. The Bertz CT molecular complexity index is 391. The van der Waals surface area contributed by atoms with Crippen LogP contribution in [-0.4, -0.2) is 26.1 Å². The standard InChI is InChI=1S/C13H22N2OS/c1-6-15-11(7-10(2)14-15)8-12(16)9-17-13(3,4)5/h7H,6,8-9H2,1-5H3. The first-order valence-electron chi connectivity index (χ1n) is 6.01. The van der Waals surface area contributed by atoms with Crippen molar-refractivity contribution in [1.29, 1.82) is 0 Å². The fourth-order valence-corrected chi connectivity index (χ4v) is 2.26. The Morgan fingerprint density at radius 3 is 2.65 bits per heavy atom. The number of rotatable bonds is 5. The molecule has 4 heteroatoms. The molecule has 1 aromatic heterocycles. The van der Waals surface area contributed by atoms with Crippen molar-refractivity contribution in [3.05, 3.63) is 17.5 Å². The molecule has 0 aliphatic heterocycles. The lowest BCUT2D eigenvalue weighted by Crippen LogP contribution is -2.16. The summed E-state index contributed by atoms with van der Waals surface area (Å²) in [6.45, 7) is 11.2. The van der Waals surface area contributed by atoms with E-state index in [2.05, 4.69) is 25.9 Å². The van der Waals surface area contributed by atoms with E-state index in [1.165, 1.54) is 0 Å². The second-order valence-electron chi connectivity index (χ2n) is 5.21. The number of ketones is 1. The molecule has 0 spiro atoms. The number of carbonyl (C=O) groups excluding carboxylic acids is 1. The van der Waals surface area contributed by atoms with Gasteiger partial charge < -0.3 is 0 Å². The predicted octanol–water partition coefficient (Wildman–Crippen LogP) is 2.85. The summed E-state index contributed by atoms with van der Waals surface area (Å²) >= 11 is 1.70. The molecule has 3 nitrogen and oxygen atoms in total. The van der Waals surface area contributed by atoms with E-state index in [-0.39, 0.29) is 10.5 Å². The van der Waals surface area contributed by atoms with E-state index < -0.39 is 0 Å². The maximum absolute atomic E-state index is 11.9. The molecule has 0 radical (unpaired) electrons. The molecule has 1 aromatic rings. The van der Waals surface area contributed by atoms with Crippen molar-refractivity contribution in [3.8, 4) is 0 Å². The highest BCUT2D eigenvalue weighted by Crippen LogP contribution is 2.23. The highest BCUT2D eigenvalue weighted by atomic mass is 32.2. The molecule has 0 saturated carbocycles. The second kappa shape index (κ2) is 5.71. The fourth-order valence-electron chi connectivity index (χ4n) is 1.57. The summed E-state index contributed by atoms with van der Waals surface area (Å²) in [5, 5.41) is 4.35. The zero-order chi connectivity index (χ0) is 13.1. The minimum absolute atomic E-state index is 0.149. The van der Waals surface area contributed by atoms with Gasteiger partial charge in [0.1, 0.15) is 5.78 Å². The van der Waals surface area contributed by atoms with Crippen molar-refractivity contribution in [1.82, 2.24) is 9.78 Å². The Hall–Kier alpha value is -0.770. The van der Waals surface area contributed by atoms with Crippen molar-refractivity contribution in [3.63, 3.8) is 0 Å². The number of hydrogen-bond acceptors (Lipinski definition) is 3. The van der Waals surface area contributed by atoms with E-state index in [4.69, 9.17) is 0 Å². The van der Waals surface area contributed by atoms with E-state index in [0.29, 0.717) is 12.2 Å². The molecule has 1 heterocycles. The zero-order valence-corrected chi connectivity index (χ0v) is 12.2. The molecule has 0 bridgehead atoms. The highest BCUT2D eigenvalue weighted by molar-refractivity contribution is 8.01. The molecular formula is C13H22N2OS. The molecule has 0 unspecified atom stereocenters. The first-order valence-corrected chi connectivity index (χ1v) is 6.99. The van der Waals surface area contributed by atoms with Gasteiger partial charge in [-0.25, -0.2) is 0 Å². The maximum Gasteiger partial charge on any atom is 0.148 e. The van der Waals surface area contributed by atoms with Crippen molar-refractivity contribution in [2.75, 3.05) is 5.75 Å². The minimum atomic E-state index is 0.149. The maximum atomic E-state index is 11.9. The molecule has 96 valence electrons. The summed E-state index contributed by atoms with van der Waals surface area (Å²) in [5.74, 6) is 0.858. The van der Waals surface area contributed by atoms with E-state index in [9.17, 15) is 4.79 Å². The van der Waals surface area contributed by atoms with Crippen LogP contribution in [0.2, 0.25) is 0 Å². The molecule has 0 fully saturated rings. The average molecular weight is 254 g/mol. The Balaban J connectivity index is 2.56. The van der Waals surface area contributed by atoms with E-state index in [1.54, 1.807) is 11.8 Å². The number of carbonyl (C=O) groups is 1. The SMILES string of the molecule is CCn1nc(C)cc1CC(=O)CSC(C)(C)C. The third-order valence-electron chi connectivity index (χ3n) is 2.33. The van der Waals surface area contributed by atoms with Crippen LogP contribution < -0.4 is 0 Å². The van der Waals surface area contributed by atoms with Crippen LogP contribution in [-0.2, 0) is 17.8 Å². The van der Waals surface area contributed by atoms with E-state index >= 15 is 0 Å². The topological polar surface area (TPSA) is 34.9 Å². The van der Waals surface area contributed by atoms with E-state index in [0.717, 1.165) is 17.9 Å². The highest BCUT2D eigenvalue weighted by Gasteiger charge is 2.15. The first-order chi connectivity index (χ1) is 7.81. The molecule has 0 N–H and O–H groups in total. The van der Waals surface area contributed by atoms with Crippen LogP contribution in [0.1, 0.15) is 39.1 Å². The molecular weight excluding hydrogens is 232 g/mol. The Labute approximate surface area is 108 Å². The summed E-state index contributed by atoms with van der Waals surface area (Å²) in [7, 11) is 0. The third-order valence-corrected chi connectivity index (χ3v) is 3.66. The Morgan fingerprint density at radius 2 is 2.12 bits per heavy atom. The van der Waals surface area contributed by atoms with Gasteiger partial charge in [0.05, 0.1) is 11.4 Å². The lowest BCUT2D eigenvalue weighted by Gasteiger charge is -2.16. The largest absolute Gasteiger partial charge is 0.298 e. The quantitative estimate of drug-likeness (QED) is 0.810. The van der Waals surface area contributed by atoms with Gasteiger partial charge in [-0.3, -0.25) is 9.48 Å². The minimum Gasteiger partial charge on any atom is -0.298 e. The van der Waals surface area contributed by atoms with Crippen molar-refractivity contribution < 1.29 is 4.79 Å².